The Bertz CT molecular complexity index is 771. The average molecular weight is 445 g/mol. The molecule has 1 aromatic rings. The number of allylic oxidation sites excluding steroid dienone is 2. The zero-order chi connectivity index (χ0) is 22.9. The SMILES string of the molecule is CN(C)c1ccc(CO[C@H]2CC(=O)[C@H](N3CCOCC3)[C@H]2C/C=C\CCCC(=O)O)cc1. The second-order valence-electron chi connectivity index (χ2n) is 8.83. The molecule has 2 fully saturated rings. The minimum absolute atomic E-state index is 0.0948. The fourth-order valence-electron chi connectivity index (χ4n) is 4.54. The van der Waals surface area contributed by atoms with Gasteiger partial charge in [-0.3, -0.25) is 14.5 Å². The highest BCUT2D eigenvalue weighted by Crippen LogP contribution is 2.34. The lowest BCUT2D eigenvalue weighted by Crippen LogP contribution is -2.49. The molecule has 0 aromatic heterocycles. The third kappa shape index (κ3) is 6.89. The van der Waals surface area contributed by atoms with Gasteiger partial charge in [0.2, 0.25) is 0 Å². The van der Waals surface area contributed by atoms with Crippen LogP contribution in [0.15, 0.2) is 36.4 Å². The van der Waals surface area contributed by atoms with Crippen LogP contribution in [-0.2, 0) is 25.7 Å². The number of morpholine rings is 1. The first-order valence-corrected chi connectivity index (χ1v) is 11.5. The number of hydrogen-bond donors (Lipinski definition) is 1. The topological polar surface area (TPSA) is 79.3 Å². The smallest absolute Gasteiger partial charge is 0.303 e. The first-order valence-electron chi connectivity index (χ1n) is 11.5. The summed E-state index contributed by atoms with van der Waals surface area (Å²) in [4.78, 5) is 28.0. The number of ketones is 1. The van der Waals surface area contributed by atoms with E-state index in [4.69, 9.17) is 14.6 Å². The van der Waals surface area contributed by atoms with Gasteiger partial charge in [0.05, 0.1) is 32.0 Å². The monoisotopic (exact) mass is 444 g/mol. The van der Waals surface area contributed by atoms with Gasteiger partial charge in [0.1, 0.15) is 0 Å². The van der Waals surface area contributed by atoms with Gasteiger partial charge >= 0.3 is 5.97 Å². The lowest BCUT2D eigenvalue weighted by Gasteiger charge is -2.35. The largest absolute Gasteiger partial charge is 0.481 e. The minimum atomic E-state index is -0.765. The quantitative estimate of drug-likeness (QED) is 0.415. The minimum Gasteiger partial charge on any atom is -0.481 e. The third-order valence-corrected chi connectivity index (χ3v) is 6.31. The number of carboxylic acids is 1. The molecule has 3 atom stereocenters. The van der Waals surface area contributed by atoms with E-state index in [2.05, 4.69) is 40.1 Å². The molecule has 1 N–H and O–H groups in total. The average Bonchev–Trinajstić information content (AvgIpc) is 3.10. The van der Waals surface area contributed by atoms with Crippen molar-refractivity contribution in [1.29, 1.82) is 0 Å². The summed E-state index contributed by atoms with van der Waals surface area (Å²) in [5.74, 6) is -0.416. The second kappa shape index (κ2) is 12.1. The normalized spacial score (nSPS) is 24.3. The molecule has 1 aliphatic carbocycles. The standard InChI is InChI=1S/C25H36N2O5/c1-26(2)20-11-9-19(10-12-20)18-32-23-17-22(28)25(27-13-15-31-16-14-27)21(23)7-5-3-4-6-8-24(29)30/h3,5,9-12,21,23,25H,4,6-8,13-18H2,1-2H3,(H,29,30)/b5-3-/t21-,23-,25+/m0/s1. The van der Waals surface area contributed by atoms with Crippen molar-refractivity contribution in [2.24, 2.45) is 5.92 Å². The summed E-state index contributed by atoms with van der Waals surface area (Å²) < 4.78 is 11.8. The molecular weight excluding hydrogens is 408 g/mol. The maximum atomic E-state index is 13.0. The molecule has 1 aliphatic heterocycles. The Hall–Kier alpha value is -2.22. The number of ether oxygens (including phenoxy) is 2. The molecule has 0 radical (unpaired) electrons. The third-order valence-electron chi connectivity index (χ3n) is 6.31. The number of benzene rings is 1. The Balaban J connectivity index is 1.62. The van der Waals surface area contributed by atoms with E-state index in [1.807, 2.05) is 20.2 Å². The first-order chi connectivity index (χ1) is 15.5. The van der Waals surface area contributed by atoms with Crippen LogP contribution in [0.5, 0.6) is 0 Å². The molecule has 3 rings (SSSR count). The summed E-state index contributed by atoms with van der Waals surface area (Å²) in [6.45, 7) is 3.35. The van der Waals surface area contributed by atoms with Crippen molar-refractivity contribution in [3.8, 4) is 0 Å². The molecule has 1 heterocycles. The molecule has 32 heavy (non-hydrogen) atoms. The van der Waals surface area contributed by atoms with Crippen LogP contribution in [0.2, 0.25) is 0 Å². The lowest BCUT2D eigenvalue weighted by molar-refractivity contribution is -0.137. The van der Waals surface area contributed by atoms with Crippen LogP contribution < -0.4 is 4.90 Å². The number of nitrogens with zero attached hydrogens (tertiary/aromatic N) is 2. The molecule has 1 aromatic carbocycles. The van der Waals surface area contributed by atoms with Gasteiger partial charge in [0, 0.05) is 51.6 Å². The maximum Gasteiger partial charge on any atom is 0.303 e. The van der Waals surface area contributed by atoms with Crippen LogP contribution in [0.3, 0.4) is 0 Å². The van der Waals surface area contributed by atoms with E-state index in [0.29, 0.717) is 32.7 Å². The molecule has 0 spiro atoms. The fraction of sp³-hybridized carbons (Fsp3) is 0.600. The Morgan fingerprint density at radius 2 is 1.94 bits per heavy atom. The van der Waals surface area contributed by atoms with Crippen LogP contribution in [0.1, 0.15) is 37.7 Å². The van der Waals surface area contributed by atoms with E-state index in [1.165, 1.54) is 0 Å². The van der Waals surface area contributed by atoms with E-state index < -0.39 is 5.97 Å². The summed E-state index contributed by atoms with van der Waals surface area (Å²) in [6.07, 6.45) is 6.76. The molecule has 0 bridgehead atoms. The molecule has 0 amide bonds. The number of Topliss-reactive ketones (excluding diaryl/α,β-unsaturated/α-hetero) is 1. The summed E-state index contributed by atoms with van der Waals surface area (Å²) in [7, 11) is 4.03. The van der Waals surface area contributed by atoms with Crippen LogP contribution >= 0.6 is 0 Å². The molecular formula is C25H36N2O5. The van der Waals surface area contributed by atoms with Gasteiger partial charge in [-0.1, -0.05) is 24.3 Å². The maximum absolute atomic E-state index is 13.0. The molecule has 1 saturated heterocycles. The predicted octanol–water partition coefficient (Wildman–Crippen LogP) is 3.13. The number of aliphatic carboxylic acids is 1. The molecule has 1 saturated carbocycles. The van der Waals surface area contributed by atoms with Gasteiger partial charge < -0.3 is 19.5 Å². The van der Waals surface area contributed by atoms with Gasteiger partial charge in [-0.15, -0.1) is 0 Å². The van der Waals surface area contributed by atoms with E-state index in [-0.39, 0.29) is 30.3 Å². The number of carbonyl (C=O) groups is 2. The van der Waals surface area contributed by atoms with Crippen molar-refractivity contribution in [2.75, 3.05) is 45.3 Å². The van der Waals surface area contributed by atoms with E-state index in [9.17, 15) is 9.59 Å². The second-order valence-corrected chi connectivity index (χ2v) is 8.83. The highest BCUT2D eigenvalue weighted by atomic mass is 16.5. The van der Waals surface area contributed by atoms with Gasteiger partial charge in [-0.05, 0) is 37.0 Å². The van der Waals surface area contributed by atoms with Crippen molar-refractivity contribution in [2.45, 2.75) is 50.9 Å². The number of anilines is 1. The van der Waals surface area contributed by atoms with Gasteiger partial charge in [0.25, 0.3) is 0 Å². The molecule has 176 valence electrons. The zero-order valence-corrected chi connectivity index (χ0v) is 19.2. The van der Waals surface area contributed by atoms with E-state index in [1.54, 1.807) is 0 Å². The lowest BCUT2D eigenvalue weighted by atomic mass is 9.95. The van der Waals surface area contributed by atoms with Gasteiger partial charge in [-0.2, -0.15) is 0 Å². The zero-order valence-electron chi connectivity index (χ0n) is 19.2. The van der Waals surface area contributed by atoms with E-state index in [0.717, 1.165) is 37.2 Å². The van der Waals surface area contributed by atoms with Crippen molar-refractivity contribution >= 4 is 17.4 Å². The van der Waals surface area contributed by atoms with Crippen molar-refractivity contribution < 1.29 is 24.2 Å². The van der Waals surface area contributed by atoms with Crippen molar-refractivity contribution in [3.63, 3.8) is 0 Å². The van der Waals surface area contributed by atoms with E-state index >= 15 is 0 Å². The van der Waals surface area contributed by atoms with Crippen molar-refractivity contribution in [1.82, 2.24) is 4.90 Å². The highest BCUT2D eigenvalue weighted by molar-refractivity contribution is 5.87. The van der Waals surface area contributed by atoms with Crippen molar-refractivity contribution in [3.05, 3.63) is 42.0 Å². The Morgan fingerprint density at radius 1 is 1.22 bits per heavy atom. The molecule has 2 aliphatic rings. The summed E-state index contributed by atoms with van der Waals surface area (Å²) >= 11 is 0. The Kier molecular flexibility index (Phi) is 9.26. The van der Waals surface area contributed by atoms with Crippen LogP contribution in [-0.4, -0.2) is 74.3 Å². The number of rotatable bonds is 11. The molecule has 0 unspecified atom stereocenters. The number of unbranched alkanes of at least 4 members (excludes halogenated alkanes) is 1. The summed E-state index contributed by atoms with van der Waals surface area (Å²) in [5.41, 5.74) is 2.24. The van der Waals surface area contributed by atoms with Crippen LogP contribution in [0.4, 0.5) is 5.69 Å². The predicted molar refractivity (Wildman–Crippen MR) is 124 cm³/mol. The highest BCUT2D eigenvalue weighted by Gasteiger charge is 2.45. The Labute approximate surface area is 191 Å². The number of hydrogen-bond acceptors (Lipinski definition) is 6. The Morgan fingerprint density at radius 3 is 2.59 bits per heavy atom. The molecule has 7 heteroatoms. The summed E-state index contributed by atoms with van der Waals surface area (Å²) in [6, 6.07) is 8.16. The van der Waals surface area contributed by atoms with Gasteiger partial charge in [0.15, 0.2) is 5.78 Å². The van der Waals surface area contributed by atoms with Crippen LogP contribution in [0, 0.1) is 5.92 Å². The number of carboxylic acid groups (broad SMARTS) is 1. The van der Waals surface area contributed by atoms with Gasteiger partial charge in [-0.25, -0.2) is 0 Å². The van der Waals surface area contributed by atoms with Crippen LogP contribution in [0.25, 0.3) is 0 Å². The summed E-state index contributed by atoms with van der Waals surface area (Å²) in [5, 5.41) is 8.78. The first kappa shape index (κ1) is 24.4. The number of carbonyl (C=O) groups excluding carboxylic acids is 1. The fourth-order valence-corrected chi connectivity index (χ4v) is 4.54. The molecule has 7 nitrogen and oxygen atoms in total.